The van der Waals surface area contributed by atoms with Crippen LogP contribution < -0.4 is 5.32 Å². The van der Waals surface area contributed by atoms with Crippen LogP contribution in [0.3, 0.4) is 0 Å². The molecule has 0 aliphatic heterocycles. The van der Waals surface area contributed by atoms with E-state index in [1.54, 1.807) is 0 Å². The highest BCUT2D eigenvalue weighted by atomic mass is 16.5. The van der Waals surface area contributed by atoms with Crippen LogP contribution in [0.1, 0.15) is 5.56 Å². The van der Waals surface area contributed by atoms with Crippen molar-refractivity contribution in [3.05, 3.63) is 35.9 Å². The lowest BCUT2D eigenvalue weighted by molar-refractivity contribution is -0.154. The minimum Gasteiger partial charge on any atom is -0.359 e. The van der Waals surface area contributed by atoms with Gasteiger partial charge in [0.15, 0.2) is 0 Å². The third-order valence-corrected chi connectivity index (χ3v) is 2.47. The van der Waals surface area contributed by atoms with Crippen LogP contribution in [-0.4, -0.2) is 36.2 Å². The molecule has 17 heavy (non-hydrogen) atoms. The second kappa shape index (κ2) is 6.65. The maximum Gasteiger partial charge on any atom is 0.233 e. The lowest BCUT2D eigenvalue weighted by Gasteiger charge is -2.18. The molecule has 0 spiro atoms. The van der Waals surface area contributed by atoms with Gasteiger partial charge in [0, 0.05) is 7.05 Å². The molecule has 0 radical (unpaired) electrons. The van der Waals surface area contributed by atoms with Crippen molar-refractivity contribution in [1.29, 1.82) is 0 Å². The number of hydroxylamine groups is 2. The van der Waals surface area contributed by atoms with Gasteiger partial charge in [-0.2, -0.15) is 0 Å². The molecular formula is C12H16N2O3. The molecule has 0 heterocycles. The average molecular weight is 236 g/mol. The van der Waals surface area contributed by atoms with Crippen LogP contribution in [0.25, 0.3) is 0 Å². The number of hydrogen-bond donors (Lipinski definition) is 2. The van der Waals surface area contributed by atoms with E-state index < -0.39 is 5.92 Å². The van der Waals surface area contributed by atoms with Gasteiger partial charge in [0.25, 0.3) is 0 Å². The molecular weight excluding hydrogens is 220 g/mol. The largest absolute Gasteiger partial charge is 0.359 e. The van der Waals surface area contributed by atoms with Crippen molar-refractivity contribution < 1.29 is 14.8 Å². The lowest BCUT2D eigenvalue weighted by Crippen LogP contribution is -2.37. The van der Waals surface area contributed by atoms with Gasteiger partial charge in [-0.15, -0.1) is 0 Å². The van der Waals surface area contributed by atoms with Crippen LogP contribution in [0.2, 0.25) is 0 Å². The third-order valence-electron chi connectivity index (χ3n) is 2.47. The van der Waals surface area contributed by atoms with E-state index in [-0.39, 0.29) is 12.5 Å². The Morgan fingerprint density at radius 2 is 2.12 bits per heavy atom. The van der Waals surface area contributed by atoms with Crippen molar-refractivity contribution in [2.75, 3.05) is 13.6 Å². The molecule has 0 aromatic heterocycles. The smallest absolute Gasteiger partial charge is 0.233 e. The van der Waals surface area contributed by atoms with Crippen molar-refractivity contribution in [2.45, 2.75) is 6.42 Å². The summed E-state index contributed by atoms with van der Waals surface area (Å²) < 4.78 is 0. The average Bonchev–Trinajstić information content (AvgIpc) is 2.38. The van der Waals surface area contributed by atoms with Crippen LogP contribution in [0.4, 0.5) is 0 Å². The predicted octanol–water partition coefficient (Wildman–Crippen LogP) is 0.439. The highest BCUT2D eigenvalue weighted by molar-refractivity contribution is 5.79. The fourth-order valence-electron chi connectivity index (χ4n) is 1.61. The summed E-state index contributed by atoms with van der Waals surface area (Å²) in [6, 6.07) is 9.46. The molecule has 0 saturated carbocycles. The minimum atomic E-state index is -0.461. The molecule has 0 aliphatic carbocycles. The first-order chi connectivity index (χ1) is 8.17. The van der Waals surface area contributed by atoms with E-state index in [2.05, 4.69) is 5.32 Å². The molecule has 1 rings (SSSR count). The van der Waals surface area contributed by atoms with Crippen LogP contribution in [0, 0.1) is 5.92 Å². The molecule has 1 aromatic rings. The standard InChI is InChI=1S/C12H16N2O3/c1-13-12(16)11(8-14(17)9-15)7-10-5-3-2-4-6-10/h2-6,9,11,17H,7-8H2,1H3,(H,13,16)/t11-/m0/s1. The molecule has 5 heteroatoms. The Balaban J connectivity index is 2.70. The zero-order chi connectivity index (χ0) is 12.7. The van der Waals surface area contributed by atoms with Crippen molar-refractivity contribution >= 4 is 12.3 Å². The van der Waals surface area contributed by atoms with Gasteiger partial charge >= 0.3 is 0 Å². The predicted molar refractivity (Wildman–Crippen MR) is 62.3 cm³/mol. The van der Waals surface area contributed by atoms with Crippen molar-refractivity contribution in [3.63, 3.8) is 0 Å². The zero-order valence-corrected chi connectivity index (χ0v) is 9.67. The van der Waals surface area contributed by atoms with Crippen LogP contribution >= 0.6 is 0 Å². The van der Waals surface area contributed by atoms with Gasteiger partial charge in [0.1, 0.15) is 0 Å². The number of nitrogens with one attached hydrogen (secondary N) is 1. The second-order valence-corrected chi connectivity index (χ2v) is 3.73. The summed E-state index contributed by atoms with van der Waals surface area (Å²) in [5.41, 5.74) is 0.986. The van der Waals surface area contributed by atoms with Gasteiger partial charge in [-0.25, -0.2) is 5.06 Å². The second-order valence-electron chi connectivity index (χ2n) is 3.73. The van der Waals surface area contributed by atoms with E-state index >= 15 is 0 Å². The van der Waals surface area contributed by atoms with Gasteiger partial charge in [0.05, 0.1) is 12.5 Å². The van der Waals surface area contributed by atoms with Gasteiger partial charge in [0.2, 0.25) is 12.3 Å². The maximum atomic E-state index is 11.6. The number of carbonyl (C=O) groups excluding carboxylic acids is 2. The summed E-state index contributed by atoms with van der Waals surface area (Å²) in [6.45, 7) is -0.0158. The molecule has 2 N–H and O–H groups in total. The van der Waals surface area contributed by atoms with Crippen molar-refractivity contribution in [2.24, 2.45) is 5.92 Å². The first-order valence-electron chi connectivity index (χ1n) is 5.33. The van der Waals surface area contributed by atoms with Gasteiger partial charge in [-0.1, -0.05) is 30.3 Å². The number of benzene rings is 1. The fourth-order valence-corrected chi connectivity index (χ4v) is 1.61. The van der Waals surface area contributed by atoms with Gasteiger partial charge in [-0.3, -0.25) is 14.8 Å². The number of nitrogens with zero attached hydrogens (tertiary/aromatic N) is 1. The van der Waals surface area contributed by atoms with Crippen molar-refractivity contribution in [1.82, 2.24) is 10.4 Å². The highest BCUT2D eigenvalue weighted by Crippen LogP contribution is 2.09. The Kier molecular flexibility index (Phi) is 5.16. The summed E-state index contributed by atoms with van der Waals surface area (Å²) >= 11 is 0. The van der Waals surface area contributed by atoms with Crippen LogP contribution in [-0.2, 0) is 16.0 Å². The molecule has 0 unspecified atom stereocenters. The van der Waals surface area contributed by atoms with E-state index in [0.717, 1.165) is 5.56 Å². The number of carbonyl (C=O) groups is 2. The Morgan fingerprint density at radius 3 is 2.65 bits per heavy atom. The molecule has 0 aliphatic rings. The first kappa shape index (κ1) is 13.2. The minimum absolute atomic E-state index is 0.0158. The topological polar surface area (TPSA) is 69.6 Å². The Hall–Kier alpha value is -1.88. The quantitative estimate of drug-likeness (QED) is 0.428. The van der Waals surface area contributed by atoms with E-state index in [1.807, 2.05) is 30.3 Å². The monoisotopic (exact) mass is 236 g/mol. The maximum absolute atomic E-state index is 11.6. The summed E-state index contributed by atoms with van der Waals surface area (Å²) in [6.07, 6.45) is 0.770. The summed E-state index contributed by atoms with van der Waals surface area (Å²) in [7, 11) is 1.53. The molecule has 5 nitrogen and oxygen atoms in total. The van der Waals surface area contributed by atoms with Crippen LogP contribution in [0.5, 0.6) is 0 Å². The Labute approximate surface area is 100 Å². The SMILES string of the molecule is CNC(=O)[C@@H](Cc1ccccc1)CN(O)C=O. The molecule has 1 aromatic carbocycles. The number of amides is 2. The summed E-state index contributed by atoms with van der Waals surface area (Å²) in [5, 5.41) is 12.1. The highest BCUT2D eigenvalue weighted by Gasteiger charge is 2.20. The zero-order valence-electron chi connectivity index (χ0n) is 9.67. The molecule has 0 bridgehead atoms. The van der Waals surface area contributed by atoms with E-state index in [1.165, 1.54) is 7.05 Å². The molecule has 2 amide bonds. The Morgan fingerprint density at radius 1 is 1.47 bits per heavy atom. The summed E-state index contributed by atoms with van der Waals surface area (Å²) in [4.78, 5) is 22.0. The number of hydrogen-bond acceptors (Lipinski definition) is 3. The molecule has 92 valence electrons. The van der Waals surface area contributed by atoms with Crippen LogP contribution in [0.15, 0.2) is 30.3 Å². The Bertz CT molecular complexity index is 367. The van der Waals surface area contributed by atoms with E-state index in [9.17, 15) is 9.59 Å². The van der Waals surface area contributed by atoms with E-state index in [4.69, 9.17) is 5.21 Å². The van der Waals surface area contributed by atoms with Crippen molar-refractivity contribution in [3.8, 4) is 0 Å². The fraction of sp³-hybridized carbons (Fsp3) is 0.333. The summed E-state index contributed by atoms with van der Waals surface area (Å²) in [5.74, 6) is -0.660. The third kappa shape index (κ3) is 4.24. The first-order valence-corrected chi connectivity index (χ1v) is 5.33. The number of rotatable bonds is 6. The van der Waals surface area contributed by atoms with Gasteiger partial charge in [-0.05, 0) is 12.0 Å². The molecule has 0 fully saturated rings. The van der Waals surface area contributed by atoms with Gasteiger partial charge < -0.3 is 5.32 Å². The molecule has 0 saturated heterocycles. The molecule has 1 atom stereocenters. The normalized spacial score (nSPS) is 11.6. The lowest BCUT2D eigenvalue weighted by atomic mass is 9.98. The van der Waals surface area contributed by atoms with E-state index in [0.29, 0.717) is 17.9 Å².